The van der Waals surface area contributed by atoms with Crippen LogP contribution in [0.5, 0.6) is 0 Å². The Morgan fingerprint density at radius 2 is 1.56 bits per heavy atom. The molecule has 5 N–H and O–H groups in total. The fourth-order valence-corrected chi connectivity index (χ4v) is 2.33. The molecule has 27 heavy (non-hydrogen) atoms. The fourth-order valence-electron chi connectivity index (χ4n) is 2.33. The van der Waals surface area contributed by atoms with Crippen LogP contribution in [-0.2, 0) is 28.5 Å². The molecule has 0 aromatic carbocycles. The zero-order chi connectivity index (χ0) is 20.6. The van der Waals surface area contributed by atoms with E-state index in [2.05, 4.69) is 0 Å². The van der Waals surface area contributed by atoms with Crippen LogP contribution in [0.25, 0.3) is 0 Å². The highest BCUT2D eigenvalue weighted by atomic mass is 16.7. The van der Waals surface area contributed by atoms with E-state index in [0.29, 0.717) is 0 Å². The number of aliphatic hydroxyl groups is 5. The number of carbonyl (C=O) groups excluding carboxylic acids is 2. The normalized spacial score (nSPS) is 30.4. The van der Waals surface area contributed by atoms with Gasteiger partial charge in [0.25, 0.3) is 0 Å². The van der Waals surface area contributed by atoms with E-state index in [4.69, 9.17) is 24.1 Å². The zero-order valence-corrected chi connectivity index (χ0v) is 15.3. The highest BCUT2D eigenvalue weighted by Crippen LogP contribution is 2.27. The number of hydrogen-bond acceptors (Lipinski definition) is 11. The van der Waals surface area contributed by atoms with Gasteiger partial charge in [-0.2, -0.15) is 0 Å². The predicted octanol–water partition coefficient (Wildman–Crippen LogP) is -2.56. The largest absolute Gasteiger partial charge is 0.455 e. The average molecular weight is 396 g/mol. The first-order chi connectivity index (χ1) is 12.8. The maximum Gasteiger partial charge on any atom is 0.306 e. The molecule has 2 unspecified atom stereocenters. The van der Waals surface area contributed by atoms with Crippen molar-refractivity contribution in [1.29, 1.82) is 0 Å². The van der Waals surface area contributed by atoms with E-state index in [-0.39, 0.29) is 12.8 Å². The molecule has 11 heteroatoms. The maximum absolute atomic E-state index is 11.7. The first-order valence-corrected chi connectivity index (χ1v) is 8.70. The summed E-state index contributed by atoms with van der Waals surface area (Å²) in [7, 11) is 0. The fraction of sp³-hybridized carbons (Fsp3) is 0.875. The minimum absolute atomic E-state index is 0.00472. The molecule has 1 aliphatic rings. The van der Waals surface area contributed by atoms with E-state index >= 15 is 0 Å². The van der Waals surface area contributed by atoms with E-state index < -0.39 is 74.7 Å². The molecule has 0 aliphatic carbocycles. The average Bonchev–Trinajstić information content (AvgIpc) is 2.68. The van der Waals surface area contributed by atoms with Gasteiger partial charge in [0, 0.05) is 12.8 Å². The second-order valence-corrected chi connectivity index (χ2v) is 5.98. The lowest BCUT2D eigenvalue weighted by molar-refractivity contribution is -0.310. The first-order valence-electron chi connectivity index (χ1n) is 8.70. The number of esters is 2. The van der Waals surface area contributed by atoms with Crippen molar-refractivity contribution in [2.45, 2.75) is 69.6 Å². The van der Waals surface area contributed by atoms with Gasteiger partial charge >= 0.3 is 11.9 Å². The van der Waals surface area contributed by atoms with Crippen molar-refractivity contribution in [3.63, 3.8) is 0 Å². The van der Waals surface area contributed by atoms with E-state index in [0.717, 1.165) is 0 Å². The molecule has 7 atom stereocenters. The van der Waals surface area contributed by atoms with E-state index in [1.807, 2.05) is 0 Å². The maximum atomic E-state index is 11.7. The van der Waals surface area contributed by atoms with Crippen LogP contribution in [0.1, 0.15) is 26.7 Å². The third-order valence-electron chi connectivity index (χ3n) is 3.97. The van der Waals surface area contributed by atoms with Gasteiger partial charge in [0.2, 0.25) is 0 Å². The lowest BCUT2D eigenvalue weighted by atomic mass is 9.98. The summed E-state index contributed by atoms with van der Waals surface area (Å²) >= 11 is 0. The third-order valence-corrected chi connectivity index (χ3v) is 3.97. The standard InChI is InChI=1S/C16H28O11/c1-3-11(21)26-14-13(23)10(6-18)25-16(15(14)27-12(22)4-2)24-7-9(20)8(19)5-17/h8-10,13-20,23H,3-7H2,1-2H3/t8-,9+,10?,13+,14-,15?,16+/m0/s1. The van der Waals surface area contributed by atoms with Crippen molar-refractivity contribution in [2.24, 2.45) is 0 Å². The van der Waals surface area contributed by atoms with Gasteiger partial charge in [-0.25, -0.2) is 0 Å². The van der Waals surface area contributed by atoms with Gasteiger partial charge in [0.15, 0.2) is 18.5 Å². The number of rotatable bonds is 10. The van der Waals surface area contributed by atoms with Crippen molar-refractivity contribution in [3.05, 3.63) is 0 Å². The summed E-state index contributed by atoms with van der Waals surface area (Å²) in [5.41, 5.74) is 0. The van der Waals surface area contributed by atoms with Crippen LogP contribution >= 0.6 is 0 Å². The molecule has 158 valence electrons. The van der Waals surface area contributed by atoms with Crippen LogP contribution in [0.3, 0.4) is 0 Å². The molecule has 1 rings (SSSR count). The second-order valence-electron chi connectivity index (χ2n) is 5.98. The van der Waals surface area contributed by atoms with Gasteiger partial charge in [-0.1, -0.05) is 13.8 Å². The van der Waals surface area contributed by atoms with E-state index in [1.54, 1.807) is 0 Å². The Kier molecular flexibility index (Phi) is 10.1. The molecule has 0 amide bonds. The van der Waals surface area contributed by atoms with E-state index in [1.165, 1.54) is 13.8 Å². The Bertz CT molecular complexity index is 471. The van der Waals surface area contributed by atoms with Gasteiger partial charge < -0.3 is 44.5 Å². The summed E-state index contributed by atoms with van der Waals surface area (Å²) in [6.45, 7) is 1.19. The highest BCUT2D eigenvalue weighted by Gasteiger charge is 2.50. The molecular weight excluding hydrogens is 368 g/mol. The summed E-state index contributed by atoms with van der Waals surface area (Å²) in [5, 5.41) is 47.7. The lowest BCUT2D eigenvalue weighted by Gasteiger charge is -2.43. The van der Waals surface area contributed by atoms with Crippen molar-refractivity contribution < 1.29 is 54.1 Å². The third kappa shape index (κ3) is 6.64. The van der Waals surface area contributed by atoms with Crippen LogP contribution in [0.15, 0.2) is 0 Å². The minimum Gasteiger partial charge on any atom is -0.455 e. The second kappa shape index (κ2) is 11.5. The number of aliphatic hydroxyl groups excluding tert-OH is 5. The molecule has 1 fully saturated rings. The monoisotopic (exact) mass is 396 g/mol. The molecule has 0 aromatic heterocycles. The lowest BCUT2D eigenvalue weighted by Crippen LogP contribution is -2.62. The molecule has 1 saturated heterocycles. The zero-order valence-electron chi connectivity index (χ0n) is 15.3. The SMILES string of the molecule is CCC(=O)OC1[C@H](OC[C@@H](O)[C@@H](O)CO)OC(CO)[C@@H](O)[C@@H]1OC(=O)CC. The topological polar surface area (TPSA) is 172 Å². The van der Waals surface area contributed by atoms with Gasteiger partial charge in [-0.3, -0.25) is 9.59 Å². The van der Waals surface area contributed by atoms with Gasteiger partial charge in [-0.15, -0.1) is 0 Å². The molecule has 1 aliphatic heterocycles. The molecule has 0 saturated carbocycles. The van der Waals surface area contributed by atoms with Crippen LogP contribution in [0.4, 0.5) is 0 Å². The molecule has 11 nitrogen and oxygen atoms in total. The van der Waals surface area contributed by atoms with Crippen molar-refractivity contribution in [3.8, 4) is 0 Å². The Morgan fingerprint density at radius 1 is 1.00 bits per heavy atom. The Labute approximate surface area is 156 Å². The van der Waals surface area contributed by atoms with E-state index in [9.17, 15) is 30.0 Å². The predicted molar refractivity (Wildman–Crippen MR) is 87.1 cm³/mol. The molecule has 0 spiro atoms. The molecule has 0 aromatic rings. The Balaban J connectivity index is 3.02. The molecule has 1 heterocycles. The minimum atomic E-state index is -1.49. The number of ether oxygens (including phenoxy) is 4. The van der Waals surface area contributed by atoms with Gasteiger partial charge in [-0.05, 0) is 0 Å². The van der Waals surface area contributed by atoms with Gasteiger partial charge in [0.1, 0.15) is 24.4 Å². The Hall–Kier alpha value is -1.34. The van der Waals surface area contributed by atoms with Crippen LogP contribution in [-0.4, -0.2) is 100 Å². The summed E-state index contributed by atoms with van der Waals surface area (Å²) in [6.07, 6.45) is -9.81. The smallest absolute Gasteiger partial charge is 0.306 e. The molecule has 0 bridgehead atoms. The van der Waals surface area contributed by atoms with Crippen molar-refractivity contribution in [1.82, 2.24) is 0 Å². The van der Waals surface area contributed by atoms with Gasteiger partial charge in [0.05, 0.1) is 19.8 Å². The summed E-state index contributed by atoms with van der Waals surface area (Å²) in [6, 6.07) is 0. The van der Waals surface area contributed by atoms with Crippen LogP contribution < -0.4 is 0 Å². The first kappa shape index (κ1) is 23.7. The summed E-state index contributed by atoms with van der Waals surface area (Å²) < 4.78 is 21.0. The van der Waals surface area contributed by atoms with Crippen molar-refractivity contribution in [2.75, 3.05) is 19.8 Å². The highest BCUT2D eigenvalue weighted by molar-refractivity contribution is 5.70. The van der Waals surface area contributed by atoms with Crippen LogP contribution in [0.2, 0.25) is 0 Å². The number of hydrogen-bond donors (Lipinski definition) is 5. The molecular formula is C16H28O11. The van der Waals surface area contributed by atoms with Crippen molar-refractivity contribution >= 4 is 11.9 Å². The summed E-state index contributed by atoms with van der Waals surface area (Å²) in [5.74, 6) is -1.36. The number of carbonyl (C=O) groups is 2. The Morgan fingerprint density at radius 3 is 2.04 bits per heavy atom. The molecule has 0 radical (unpaired) electrons. The summed E-state index contributed by atoms with van der Waals surface area (Å²) in [4.78, 5) is 23.5. The quantitative estimate of drug-likeness (QED) is 0.246. The van der Waals surface area contributed by atoms with Crippen LogP contribution in [0, 0.1) is 0 Å².